The Bertz CT molecular complexity index is 344. The summed E-state index contributed by atoms with van der Waals surface area (Å²) in [7, 11) is 0. The second-order valence-electron chi connectivity index (χ2n) is 2.20. The van der Waals surface area contributed by atoms with Crippen LogP contribution >= 0.6 is 23.2 Å². The van der Waals surface area contributed by atoms with Gasteiger partial charge in [0, 0.05) is 0 Å². The third kappa shape index (κ3) is 1.88. The minimum absolute atomic E-state index is 0.0658. The molecule has 4 heteroatoms. The van der Waals surface area contributed by atoms with Gasteiger partial charge in [-0.05, 0) is 17.7 Å². The van der Waals surface area contributed by atoms with E-state index in [1.54, 1.807) is 0 Å². The van der Waals surface area contributed by atoms with E-state index in [-0.39, 0.29) is 16.5 Å². The van der Waals surface area contributed by atoms with Gasteiger partial charge in [-0.2, -0.15) is 5.26 Å². The largest absolute Gasteiger partial charge is 0.207 e. The minimum Gasteiger partial charge on any atom is -0.207 e. The SMILES string of the molecule is N#CCc1cc(F)cc(Cl)c1Cl. The number of rotatable bonds is 1. The molecule has 0 spiro atoms. The van der Waals surface area contributed by atoms with Gasteiger partial charge in [0.05, 0.1) is 22.5 Å². The maximum atomic E-state index is 12.7. The first-order valence-electron chi connectivity index (χ1n) is 3.15. The smallest absolute Gasteiger partial charge is 0.125 e. The summed E-state index contributed by atoms with van der Waals surface area (Å²) in [6.45, 7) is 0. The summed E-state index contributed by atoms with van der Waals surface area (Å²) in [6.07, 6.45) is 0.0658. The zero-order valence-electron chi connectivity index (χ0n) is 5.94. The van der Waals surface area contributed by atoms with E-state index in [2.05, 4.69) is 0 Å². The first kappa shape index (κ1) is 9.31. The first-order chi connectivity index (χ1) is 5.65. The Balaban J connectivity index is 3.20. The summed E-state index contributed by atoms with van der Waals surface area (Å²) in [6, 6.07) is 4.19. The Hall–Kier alpha value is -0.780. The molecule has 0 fully saturated rings. The molecule has 0 heterocycles. The van der Waals surface area contributed by atoms with Gasteiger partial charge in [0.2, 0.25) is 0 Å². The average molecular weight is 204 g/mol. The molecule has 0 aliphatic carbocycles. The van der Waals surface area contributed by atoms with Crippen LogP contribution in [-0.2, 0) is 6.42 Å². The van der Waals surface area contributed by atoms with Crippen LogP contribution in [0.15, 0.2) is 12.1 Å². The molecule has 1 nitrogen and oxygen atoms in total. The lowest BCUT2D eigenvalue weighted by Gasteiger charge is -2.01. The Kier molecular flexibility index (Phi) is 2.91. The molecule has 0 radical (unpaired) electrons. The van der Waals surface area contributed by atoms with Gasteiger partial charge in [-0.3, -0.25) is 0 Å². The van der Waals surface area contributed by atoms with E-state index in [0.717, 1.165) is 6.07 Å². The highest BCUT2D eigenvalue weighted by atomic mass is 35.5. The van der Waals surface area contributed by atoms with Crippen molar-refractivity contribution in [2.45, 2.75) is 6.42 Å². The predicted octanol–water partition coefficient (Wildman–Crippen LogP) is 3.20. The molecule has 0 aliphatic heterocycles. The number of halogens is 3. The standard InChI is InChI=1S/C8H4Cl2FN/c9-7-4-6(11)3-5(1-2-12)8(7)10/h3-4H,1H2. The lowest BCUT2D eigenvalue weighted by atomic mass is 10.1. The summed E-state index contributed by atoms with van der Waals surface area (Å²) in [5, 5.41) is 8.74. The molecule has 0 N–H and O–H groups in total. The summed E-state index contributed by atoms with van der Waals surface area (Å²) >= 11 is 11.3. The Labute approximate surface area is 79.3 Å². The summed E-state index contributed by atoms with van der Waals surface area (Å²) < 4.78 is 12.7. The van der Waals surface area contributed by atoms with E-state index < -0.39 is 5.82 Å². The highest BCUT2D eigenvalue weighted by Gasteiger charge is 2.06. The topological polar surface area (TPSA) is 23.8 Å². The van der Waals surface area contributed by atoms with Crippen molar-refractivity contribution in [2.75, 3.05) is 0 Å². The van der Waals surface area contributed by atoms with Crippen molar-refractivity contribution >= 4 is 23.2 Å². The Morgan fingerprint density at radius 2 is 2.08 bits per heavy atom. The molecule has 0 bridgehead atoms. The number of hydrogen-bond donors (Lipinski definition) is 0. The zero-order chi connectivity index (χ0) is 9.14. The third-order valence-electron chi connectivity index (χ3n) is 1.34. The number of hydrogen-bond acceptors (Lipinski definition) is 1. The Morgan fingerprint density at radius 1 is 1.42 bits per heavy atom. The monoisotopic (exact) mass is 203 g/mol. The molecule has 0 saturated carbocycles. The molecule has 0 unspecified atom stereocenters. The first-order valence-corrected chi connectivity index (χ1v) is 3.91. The fraction of sp³-hybridized carbons (Fsp3) is 0.125. The van der Waals surface area contributed by atoms with Gasteiger partial charge in [-0.15, -0.1) is 0 Å². The lowest BCUT2D eigenvalue weighted by Crippen LogP contribution is -1.86. The molecule has 0 aromatic heterocycles. The van der Waals surface area contributed by atoms with Crippen LogP contribution in [0.4, 0.5) is 4.39 Å². The van der Waals surface area contributed by atoms with Crippen molar-refractivity contribution in [3.63, 3.8) is 0 Å². The van der Waals surface area contributed by atoms with Crippen LogP contribution < -0.4 is 0 Å². The van der Waals surface area contributed by atoms with Crippen molar-refractivity contribution < 1.29 is 4.39 Å². The predicted molar refractivity (Wildman–Crippen MR) is 45.7 cm³/mol. The molecule has 0 amide bonds. The normalized spacial score (nSPS) is 9.50. The van der Waals surface area contributed by atoms with Crippen LogP contribution in [0.3, 0.4) is 0 Å². The van der Waals surface area contributed by atoms with E-state index in [4.69, 9.17) is 28.5 Å². The molecule has 12 heavy (non-hydrogen) atoms. The highest BCUT2D eigenvalue weighted by Crippen LogP contribution is 2.27. The summed E-state index contributed by atoms with van der Waals surface area (Å²) in [5.74, 6) is -0.477. The molecular weight excluding hydrogens is 200 g/mol. The van der Waals surface area contributed by atoms with E-state index in [0.29, 0.717) is 5.56 Å². The van der Waals surface area contributed by atoms with Crippen LogP contribution in [0.5, 0.6) is 0 Å². The highest BCUT2D eigenvalue weighted by molar-refractivity contribution is 6.42. The van der Waals surface area contributed by atoms with Crippen molar-refractivity contribution in [1.82, 2.24) is 0 Å². The van der Waals surface area contributed by atoms with Gasteiger partial charge in [-0.25, -0.2) is 4.39 Å². The Morgan fingerprint density at radius 3 is 2.67 bits per heavy atom. The minimum atomic E-state index is -0.477. The number of nitriles is 1. The number of nitrogens with zero attached hydrogens (tertiary/aromatic N) is 1. The van der Waals surface area contributed by atoms with Crippen LogP contribution in [-0.4, -0.2) is 0 Å². The van der Waals surface area contributed by atoms with Crippen molar-refractivity contribution in [3.05, 3.63) is 33.6 Å². The van der Waals surface area contributed by atoms with Gasteiger partial charge in [0.1, 0.15) is 5.82 Å². The van der Waals surface area contributed by atoms with Crippen molar-refractivity contribution in [3.8, 4) is 6.07 Å². The van der Waals surface area contributed by atoms with E-state index >= 15 is 0 Å². The van der Waals surface area contributed by atoms with Crippen molar-refractivity contribution in [2.24, 2.45) is 0 Å². The van der Waals surface area contributed by atoms with Crippen LogP contribution in [0.2, 0.25) is 10.0 Å². The van der Waals surface area contributed by atoms with Crippen LogP contribution in [0.1, 0.15) is 5.56 Å². The van der Waals surface area contributed by atoms with E-state index in [9.17, 15) is 4.39 Å². The zero-order valence-corrected chi connectivity index (χ0v) is 7.45. The second kappa shape index (κ2) is 3.75. The molecule has 62 valence electrons. The van der Waals surface area contributed by atoms with Gasteiger partial charge < -0.3 is 0 Å². The van der Waals surface area contributed by atoms with E-state index in [1.165, 1.54) is 6.07 Å². The van der Waals surface area contributed by atoms with Gasteiger partial charge in [-0.1, -0.05) is 23.2 Å². The van der Waals surface area contributed by atoms with Crippen molar-refractivity contribution in [1.29, 1.82) is 5.26 Å². The fourth-order valence-corrected chi connectivity index (χ4v) is 1.22. The molecule has 0 saturated heterocycles. The van der Waals surface area contributed by atoms with Gasteiger partial charge in [0.25, 0.3) is 0 Å². The maximum Gasteiger partial charge on any atom is 0.125 e. The molecule has 0 atom stereocenters. The summed E-state index contributed by atoms with van der Waals surface area (Å²) in [4.78, 5) is 0. The molecule has 1 rings (SSSR count). The average Bonchev–Trinajstić information content (AvgIpc) is 2.00. The van der Waals surface area contributed by atoms with E-state index in [1.807, 2.05) is 6.07 Å². The molecular formula is C8H4Cl2FN. The van der Waals surface area contributed by atoms with Crippen LogP contribution in [0.25, 0.3) is 0 Å². The van der Waals surface area contributed by atoms with Crippen LogP contribution in [0, 0.1) is 17.1 Å². The fourth-order valence-electron chi connectivity index (χ4n) is 0.823. The van der Waals surface area contributed by atoms with Gasteiger partial charge in [0.15, 0.2) is 0 Å². The number of benzene rings is 1. The molecule has 0 aliphatic rings. The summed E-state index contributed by atoms with van der Waals surface area (Å²) in [5.41, 5.74) is 0.421. The molecule has 1 aromatic rings. The second-order valence-corrected chi connectivity index (χ2v) is 2.98. The molecule has 1 aromatic carbocycles. The van der Waals surface area contributed by atoms with Gasteiger partial charge >= 0.3 is 0 Å². The third-order valence-corrected chi connectivity index (χ3v) is 2.18. The quantitative estimate of drug-likeness (QED) is 0.644. The lowest BCUT2D eigenvalue weighted by molar-refractivity contribution is 0.626. The maximum absolute atomic E-state index is 12.7.